The van der Waals surface area contributed by atoms with Crippen LogP contribution in [0, 0.1) is 0 Å². The molecule has 3 heteroatoms. The molecule has 2 aromatic rings. The minimum atomic E-state index is -2.43. The van der Waals surface area contributed by atoms with Gasteiger partial charge < -0.3 is 9.16 Å². The molecule has 0 unspecified atom stereocenters. The summed E-state index contributed by atoms with van der Waals surface area (Å²) in [5, 5.41) is 2.75. The number of hydrogen-bond donors (Lipinski definition) is 0. The normalized spacial score (nSPS) is 26.1. The third-order valence-electron chi connectivity index (χ3n) is 5.71. The first kappa shape index (κ1) is 17.0. The van der Waals surface area contributed by atoms with E-state index in [0.29, 0.717) is 12.2 Å². The second-order valence-electron chi connectivity index (χ2n) is 8.39. The van der Waals surface area contributed by atoms with Crippen LogP contribution >= 0.6 is 0 Å². The summed E-state index contributed by atoms with van der Waals surface area (Å²) in [7, 11) is -2.43. The van der Waals surface area contributed by atoms with Crippen LogP contribution in [0.4, 0.5) is 0 Å². The van der Waals surface area contributed by atoms with Crippen molar-refractivity contribution >= 4 is 18.7 Å². The third-order valence-corrected chi connectivity index (χ3v) is 10.8. The van der Waals surface area contributed by atoms with Gasteiger partial charge in [0.2, 0.25) is 0 Å². The van der Waals surface area contributed by atoms with Crippen molar-refractivity contribution in [2.75, 3.05) is 0 Å². The molecule has 0 spiro atoms. The van der Waals surface area contributed by atoms with Crippen molar-refractivity contribution in [1.29, 1.82) is 0 Å². The molecular formula is C22H28O2Si. The Hall–Kier alpha value is -1.42. The molecule has 2 aromatic carbocycles. The van der Waals surface area contributed by atoms with E-state index in [0.717, 1.165) is 6.42 Å². The highest BCUT2D eigenvalue weighted by Gasteiger charge is 2.56. The highest BCUT2D eigenvalue weighted by Crippen LogP contribution is 2.43. The third kappa shape index (κ3) is 2.99. The lowest BCUT2D eigenvalue weighted by Crippen LogP contribution is -2.68. The zero-order valence-corrected chi connectivity index (χ0v) is 16.4. The second-order valence-corrected chi connectivity index (χ2v) is 12.6. The molecule has 132 valence electrons. The first-order valence-corrected chi connectivity index (χ1v) is 11.4. The Morgan fingerprint density at radius 2 is 1.44 bits per heavy atom. The van der Waals surface area contributed by atoms with Crippen LogP contribution in [0.25, 0.3) is 0 Å². The average molecular weight is 353 g/mol. The van der Waals surface area contributed by atoms with Crippen LogP contribution in [0.15, 0.2) is 60.7 Å². The predicted octanol–water partition coefficient (Wildman–Crippen LogP) is 3.88. The molecule has 2 fully saturated rings. The molecule has 4 rings (SSSR count). The summed E-state index contributed by atoms with van der Waals surface area (Å²) in [5.41, 5.74) is 0. The molecule has 2 aliphatic rings. The van der Waals surface area contributed by atoms with E-state index < -0.39 is 8.32 Å². The van der Waals surface area contributed by atoms with Gasteiger partial charge in [0.05, 0.1) is 12.2 Å². The van der Waals surface area contributed by atoms with Crippen molar-refractivity contribution in [1.82, 2.24) is 0 Å². The molecule has 1 saturated heterocycles. The molecule has 1 aliphatic heterocycles. The van der Waals surface area contributed by atoms with Crippen LogP contribution in [0.3, 0.4) is 0 Å². The van der Waals surface area contributed by atoms with Crippen LogP contribution in [-0.4, -0.2) is 26.6 Å². The maximum absolute atomic E-state index is 7.18. The predicted molar refractivity (Wildman–Crippen MR) is 105 cm³/mol. The second kappa shape index (κ2) is 6.38. The van der Waals surface area contributed by atoms with Crippen molar-refractivity contribution in [3.63, 3.8) is 0 Å². The first-order chi connectivity index (χ1) is 12.0. The molecule has 0 amide bonds. The van der Waals surface area contributed by atoms with Crippen molar-refractivity contribution in [2.45, 2.75) is 63.4 Å². The zero-order valence-electron chi connectivity index (χ0n) is 15.4. The molecule has 0 bridgehead atoms. The van der Waals surface area contributed by atoms with E-state index in [-0.39, 0.29) is 11.1 Å². The first-order valence-electron chi connectivity index (χ1n) is 9.47. The number of benzene rings is 2. The monoisotopic (exact) mass is 352 g/mol. The number of ether oxygens (including phenoxy) is 1. The zero-order chi connectivity index (χ0) is 17.5. The largest absolute Gasteiger partial charge is 0.402 e. The molecular weight excluding hydrogens is 324 g/mol. The molecule has 3 atom stereocenters. The number of epoxide rings is 1. The summed E-state index contributed by atoms with van der Waals surface area (Å²) in [6.45, 7) is 7.02. The highest BCUT2D eigenvalue weighted by atomic mass is 28.4. The van der Waals surface area contributed by atoms with Crippen LogP contribution in [0.1, 0.15) is 40.0 Å². The molecule has 1 saturated carbocycles. The average Bonchev–Trinajstić information content (AvgIpc) is 3.40. The summed E-state index contributed by atoms with van der Waals surface area (Å²) in [6.07, 6.45) is 4.51. The minimum absolute atomic E-state index is 0.0392. The van der Waals surface area contributed by atoms with E-state index in [1.54, 1.807) is 0 Å². The van der Waals surface area contributed by atoms with Gasteiger partial charge in [0.25, 0.3) is 8.32 Å². The molecule has 25 heavy (non-hydrogen) atoms. The molecule has 0 N–H and O–H groups in total. The van der Waals surface area contributed by atoms with Crippen molar-refractivity contribution in [3.8, 4) is 0 Å². The van der Waals surface area contributed by atoms with Crippen LogP contribution in [-0.2, 0) is 9.16 Å². The Labute approximate surface area is 152 Å². The highest BCUT2D eigenvalue weighted by molar-refractivity contribution is 6.99. The fourth-order valence-electron chi connectivity index (χ4n) is 4.44. The Kier molecular flexibility index (Phi) is 4.34. The lowest BCUT2D eigenvalue weighted by atomic mass is 9.98. The minimum Gasteiger partial charge on any atom is -0.402 e. The van der Waals surface area contributed by atoms with Gasteiger partial charge in [-0.2, -0.15) is 0 Å². The molecule has 0 radical (unpaired) electrons. The smallest absolute Gasteiger partial charge is 0.261 e. The summed E-state index contributed by atoms with van der Waals surface area (Å²) in [4.78, 5) is 0. The van der Waals surface area contributed by atoms with Crippen molar-refractivity contribution in [2.24, 2.45) is 0 Å². The molecule has 1 aliphatic carbocycles. The Morgan fingerprint density at radius 1 is 0.880 bits per heavy atom. The molecule has 2 nitrogen and oxygen atoms in total. The fourth-order valence-corrected chi connectivity index (χ4v) is 9.17. The van der Waals surface area contributed by atoms with E-state index >= 15 is 0 Å². The summed E-state index contributed by atoms with van der Waals surface area (Å²) >= 11 is 0. The van der Waals surface area contributed by atoms with Crippen LogP contribution in [0.2, 0.25) is 5.04 Å². The summed E-state index contributed by atoms with van der Waals surface area (Å²) in [5.74, 6) is 0. The number of rotatable bonds is 4. The Bertz CT molecular complexity index is 668. The maximum Gasteiger partial charge on any atom is 0.261 e. The van der Waals surface area contributed by atoms with Gasteiger partial charge in [0, 0.05) is 0 Å². The Morgan fingerprint density at radius 3 is 1.96 bits per heavy atom. The lowest BCUT2D eigenvalue weighted by molar-refractivity contribution is 0.137. The van der Waals surface area contributed by atoms with Crippen molar-refractivity contribution in [3.05, 3.63) is 60.7 Å². The van der Waals surface area contributed by atoms with Gasteiger partial charge in [0.15, 0.2) is 0 Å². The standard InChI is InChI=1S/C22H28O2Si/c1-22(2,3)25(17-11-6-4-7-12-17,18-13-8-5-9-14-18)24-20-16-10-15-19-21(20)23-19/h4-9,11-14,19-21H,10,15-16H2,1-3H3/t19-,20+,21-/m1/s1. The van der Waals surface area contributed by atoms with E-state index in [1.165, 1.54) is 23.2 Å². The van der Waals surface area contributed by atoms with Gasteiger partial charge in [-0.3, -0.25) is 0 Å². The van der Waals surface area contributed by atoms with E-state index in [4.69, 9.17) is 9.16 Å². The van der Waals surface area contributed by atoms with E-state index in [9.17, 15) is 0 Å². The number of hydrogen-bond acceptors (Lipinski definition) is 2. The summed E-state index contributed by atoms with van der Waals surface area (Å²) < 4.78 is 13.1. The van der Waals surface area contributed by atoms with Gasteiger partial charge in [0.1, 0.15) is 6.10 Å². The summed E-state index contributed by atoms with van der Waals surface area (Å²) in [6, 6.07) is 21.8. The van der Waals surface area contributed by atoms with Gasteiger partial charge in [-0.25, -0.2) is 0 Å². The lowest BCUT2D eigenvalue weighted by Gasteiger charge is -2.45. The fraction of sp³-hybridized carbons (Fsp3) is 0.455. The molecule has 1 heterocycles. The Balaban J connectivity index is 1.83. The van der Waals surface area contributed by atoms with Crippen LogP contribution < -0.4 is 10.4 Å². The SMILES string of the molecule is CC(C)(C)[Si](O[C@H]1CCC[C@H]2O[C@@H]12)(c1ccccc1)c1ccccc1. The van der Waals surface area contributed by atoms with Gasteiger partial charge in [-0.1, -0.05) is 81.4 Å². The van der Waals surface area contributed by atoms with Gasteiger partial charge in [-0.15, -0.1) is 0 Å². The van der Waals surface area contributed by atoms with Gasteiger partial charge in [-0.05, 0) is 34.7 Å². The van der Waals surface area contributed by atoms with Crippen molar-refractivity contribution < 1.29 is 9.16 Å². The maximum atomic E-state index is 7.18. The number of fused-ring (bicyclic) bond motifs is 1. The molecule has 0 aromatic heterocycles. The topological polar surface area (TPSA) is 21.8 Å². The van der Waals surface area contributed by atoms with Crippen LogP contribution in [0.5, 0.6) is 0 Å². The van der Waals surface area contributed by atoms with Gasteiger partial charge >= 0.3 is 0 Å². The van der Waals surface area contributed by atoms with E-state index in [2.05, 4.69) is 81.4 Å². The van der Waals surface area contributed by atoms with E-state index in [1.807, 2.05) is 0 Å². The quantitative estimate of drug-likeness (QED) is 0.615.